The van der Waals surface area contributed by atoms with Crippen LogP contribution in [-0.4, -0.2) is 0 Å². The molecule has 0 fully saturated rings. The van der Waals surface area contributed by atoms with Crippen LogP contribution >= 0.6 is 15.9 Å². The van der Waals surface area contributed by atoms with E-state index in [-0.39, 0.29) is 0 Å². The number of aryl methyl sites for hydroxylation is 2. The van der Waals surface area contributed by atoms with E-state index >= 15 is 0 Å². The second-order valence-corrected chi connectivity index (χ2v) is 3.87. The average Bonchev–Trinajstić information content (AvgIpc) is 2.49. The second-order valence-electron chi connectivity index (χ2n) is 3.02. The molecular formula is C12H15BrO. The van der Waals surface area contributed by atoms with Crippen molar-refractivity contribution < 1.29 is 4.42 Å². The van der Waals surface area contributed by atoms with Crippen molar-refractivity contribution in [2.45, 2.75) is 27.7 Å². The minimum absolute atomic E-state index is 0.955. The number of hydrogen-bond donors (Lipinski definition) is 0. The van der Waals surface area contributed by atoms with Crippen molar-refractivity contribution in [1.82, 2.24) is 0 Å². The molecule has 2 heteroatoms. The van der Waals surface area contributed by atoms with Crippen LogP contribution in [0, 0.1) is 13.8 Å². The fraction of sp³-hybridized carbons (Fsp3) is 0.333. The van der Waals surface area contributed by atoms with Crippen LogP contribution in [0.25, 0.3) is 11.0 Å². The molecule has 0 aliphatic carbocycles. The van der Waals surface area contributed by atoms with Gasteiger partial charge in [0.2, 0.25) is 0 Å². The molecule has 1 nitrogen and oxygen atoms in total. The van der Waals surface area contributed by atoms with Crippen molar-refractivity contribution in [1.29, 1.82) is 0 Å². The molecule has 0 spiro atoms. The van der Waals surface area contributed by atoms with Crippen molar-refractivity contribution >= 4 is 26.9 Å². The minimum atomic E-state index is 0.955. The number of rotatable bonds is 0. The van der Waals surface area contributed by atoms with Gasteiger partial charge in [-0.3, -0.25) is 0 Å². The third kappa shape index (κ3) is 2.18. The van der Waals surface area contributed by atoms with Gasteiger partial charge in [-0.1, -0.05) is 29.8 Å². The van der Waals surface area contributed by atoms with Crippen LogP contribution in [0.4, 0.5) is 0 Å². The first-order valence-electron chi connectivity index (χ1n) is 4.83. The molecule has 2 aromatic rings. The van der Waals surface area contributed by atoms with E-state index in [0.717, 1.165) is 21.2 Å². The smallest absolute Gasteiger partial charge is 0.135 e. The highest BCUT2D eigenvalue weighted by Crippen LogP contribution is 2.28. The van der Waals surface area contributed by atoms with Crippen LogP contribution in [0.2, 0.25) is 0 Å². The molecule has 14 heavy (non-hydrogen) atoms. The van der Waals surface area contributed by atoms with Gasteiger partial charge in [-0.2, -0.15) is 0 Å². The molecule has 1 heterocycles. The second kappa shape index (κ2) is 4.65. The highest BCUT2D eigenvalue weighted by Gasteiger charge is 2.04. The predicted octanol–water partition coefficient (Wildman–Crippen LogP) is 4.84. The van der Waals surface area contributed by atoms with Crippen molar-refractivity contribution in [3.05, 3.63) is 34.0 Å². The summed E-state index contributed by atoms with van der Waals surface area (Å²) in [5.74, 6) is 0.955. The maximum Gasteiger partial charge on any atom is 0.135 e. The van der Waals surface area contributed by atoms with Crippen LogP contribution in [0.15, 0.2) is 27.1 Å². The van der Waals surface area contributed by atoms with E-state index in [1.165, 1.54) is 5.56 Å². The van der Waals surface area contributed by atoms with E-state index in [9.17, 15) is 0 Å². The Kier molecular flexibility index (Phi) is 3.76. The molecule has 0 saturated carbocycles. The van der Waals surface area contributed by atoms with Crippen molar-refractivity contribution in [3.63, 3.8) is 0 Å². The van der Waals surface area contributed by atoms with Gasteiger partial charge < -0.3 is 4.42 Å². The van der Waals surface area contributed by atoms with E-state index in [1.807, 2.05) is 32.9 Å². The standard InChI is InChI=1S/C10H9BrO.C2H6/c1-6-3-9(11)8-5-7(2)12-10(8)4-6;1-2/h3-5H,1-2H3;1-2H3. The normalized spacial score (nSPS) is 9.79. The monoisotopic (exact) mass is 254 g/mol. The maximum atomic E-state index is 5.50. The molecule has 1 aromatic carbocycles. The number of halogens is 1. The summed E-state index contributed by atoms with van der Waals surface area (Å²) in [5.41, 5.74) is 2.17. The van der Waals surface area contributed by atoms with E-state index in [1.54, 1.807) is 0 Å². The van der Waals surface area contributed by atoms with Crippen LogP contribution < -0.4 is 0 Å². The van der Waals surface area contributed by atoms with E-state index in [4.69, 9.17) is 4.42 Å². The fourth-order valence-corrected chi connectivity index (χ4v) is 2.02. The number of benzene rings is 1. The maximum absolute atomic E-state index is 5.50. The first-order chi connectivity index (χ1) is 6.66. The Hall–Kier alpha value is -0.760. The highest BCUT2D eigenvalue weighted by atomic mass is 79.9. The molecule has 0 N–H and O–H groups in total. The molecule has 0 radical (unpaired) electrons. The summed E-state index contributed by atoms with van der Waals surface area (Å²) in [6.45, 7) is 8.02. The molecule has 76 valence electrons. The Bertz CT molecular complexity index is 429. The molecule has 0 aliphatic rings. The van der Waals surface area contributed by atoms with Crippen LogP contribution in [0.1, 0.15) is 25.2 Å². The number of furan rings is 1. The molecule has 0 saturated heterocycles. The molecule has 1 aromatic heterocycles. The molecule has 0 amide bonds. The third-order valence-corrected chi connectivity index (χ3v) is 2.51. The quantitative estimate of drug-likeness (QED) is 0.656. The first kappa shape index (κ1) is 11.3. The van der Waals surface area contributed by atoms with E-state index < -0.39 is 0 Å². The van der Waals surface area contributed by atoms with Crippen molar-refractivity contribution in [2.75, 3.05) is 0 Å². The first-order valence-corrected chi connectivity index (χ1v) is 5.62. The van der Waals surface area contributed by atoms with Crippen molar-refractivity contribution in [3.8, 4) is 0 Å². The van der Waals surface area contributed by atoms with Gasteiger partial charge in [0.15, 0.2) is 0 Å². The van der Waals surface area contributed by atoms with Gasteiger partial charge >= 0.3 is 0 Å². The number of hydrogen-bond acceptors (Lipinski definition) is 1. The summed E-state index contributed by atoms with van der Waals surface area (Å²) < 4.78 is 6.61. The lowest BCUT2D eigenvalue weighted by Gasteiger charge is -1.94. The molecule has 0 unspecified atom stereocenters. The molecule has 0 aliphatic heterocycles. The van der Waals surface area contributed by atoms with Crippen molar-refractivity contribution in [2.24, 2.45) is 0 Å². The van der Waals surface area contributed by atoms with Crippen LogP contribution in [0.3, 0.4) is 0 Å². The van der Waals surface area contributed by atoms with Gasteiger partial charge in [-0.15, -0.1) is 0 Å². The summed E-state index contributed by atoms with van der Waals surface area (Å²) >= 11 is 3.50. The largest absolute Gasteiger partial charge is 0.461 e. The zero-order valence-electron chi connectivity index (χ0n) is 9.02. The van der Waals surface area contributed by atoms with E-state index in [2.05, 4.69) is 28.9 Å². The van der Waals surface area contributed by atoms with Gasteiger partial charge in [-0.05, 0) is 37.6 Å². The molecule has 2 rings (SSSR count). The summed E-state index contributed by atoms with van der Waals surface area (Å²) in [4.78, 5) is 0. The zero-order chi connectivity index (χ0) is 10.7. The molecule has 0 bridgehead atoms. The summed E-state index contributed by atoms with van der Waals surface area (Å²) in [5, 5.41) is 1.15. The molecular weight excluding hydrogens is 240 g/mol. The Morgan fingerprint density at radius 3 is 2.36 bits per heavy atom. The minimum Gasteiger partial charge on any atom is -0.461 e. The molecule has 0 atom stereocenters. The van der Waals surface area contributed by atoms with Gasteiger partial charge in [-0.25, -0.2) is 0 Å². The number of fused-ring (bicyclic) bond motifs is 1. The Labute approximate surface area is 93.2 Å². The third-order valence-electron chi connectivity index (χ3n) is 1.85. The summed E-state index contributed by atoms with van der Waals surface area (Å²) in [7, 11) is 0. The van der Waals surface area contributed by atoms with Gasteiger partial charge in [0.1, 0.15) is 11.3 Å². The van der Waals surface area contributed by atoms with Gasteiger partial charge in [0.05, 0.1) is 0 Å². The lowest BCUT2D eigenvalue weighted by Crippen LogP contribution is -1.72. The lowest BCUT2D eigenvalue weighted by atomic mass is 10.2. The Balaban J connectivity index is 0.000000461. The topological polar surface area (TPSA) is 13.1 Å². The Morgan fingerprint density at radius 1 is 1.07 bits per heavy atom. The zero-order valence-corrected chi connectivity index (χ0v) is 10.6. The van der Waals surface area contributed by atoms with Crippen LogP contribution in [-0.2, 0) is 0 Å². The van der Waals surface area contributed by atoms with Gasteiger partial charge in [0, 0.05) is 9.86 Å². The fourth-order valence-electron chi connectivity index (χ4n) is 1.35. The van der Waals surface area contributed by atoms with Gasteiger partial charge in [0.25, 0.3) is 0 Å². The van der Waals surface area contributed by atoms with Crippen LogP contribution in [0.5, 0.6) is 0 Å². The summed E-state index contributed by atoms with van der Waals surface area (Å²) in [6.07, 6.45) is 0. The van der Waals surface area contributed by atoms with E-state index in [0.29, 0.717) is 0 Å². The predicted molar refractivity (Wildman–Crippen MR) is 64.7 cm³/mol. The SMILES string of the molecule is CC.Cc1cc(Br)c2cc(C)oc2c1. The highest BCUT2D eigenvalue weighted by molar-refractivity contribution is 9.10. The summed E-state index contributed by atoms with van der Waals surface area (Å²) in [6, 6.07) is 6.18. The average molecular weight is 255 g/mol. The Morgan fingerprint density at radius 2 is 1.71 bits per heavy atom. The lowest BCUT2D eigenvalue weighted by molar-refractivity contribution is 0.578.